The lowest BCUT2D eigenvalue weighted by Crippen LogP contribution is -2.21. The summed E-state index contributed by atoms with van der Waals surface area (Å²) in [7, 11) is 0. The van der Waals surface area contributed by atoms with E-state index in [1.165, 1.54) is 0 Å². The van der Waals surface area contributed by atoms with Gasteiger partial charge in [-0.2, -0.15) is 0 Å². The van der Waals surface area contributed by atoms with Crippen molar-refractivity contribution in [3.63, 3.8) is 0 Å². The number of esters is 1. The molecule has 1 N–H and O–H groups in total. The van der Waals surface area contributed by atoms with Gasteiger partial charge < -0.3 is 10.1 Å². The molecule has 0 spiro atoms. The van der Waals surface area contributed by atoms with Crippen molar-refractivity contribution < 1.29 is 14.3 Å². The lowest BCUT2D eigenvalue weighted by atomic mass is 10.0. The number of carbonyl (C=O) groups excluding carboxylic acids is 2. The molecule has 0 saturated heterocycles. The fourth-order valence-corrected chi connectivity index (χ4v) is 2.25. The summed E-state index contributed by atoms with van der Waals surface area (Å²) in [6.45, 7) is 7.40. The van der Waals surface area contributed by atoms with E-state index < -0.39 is 5.97 Å². The van der Waals surface area contributed by atoms with Crippen LogP contribution in [0.2, 0.25) is 0 Å². The number of hydrogen-bond donors (Lipinski definition) is 1. The predicted molar refractivity (Wildman–Crippen MR) is 90.7 cm³/mol. The van der Waals surface area contributed by atoms with Crippen molar-refractivity contribution >= 4 is 17.6 Å². The van der Waals surface area contributed by atoms with Gasteiger partial charge in [0.25, 0.3) is 5.91 Å². The molecule has 0 fully saturated rings. The van der Waals surface area contributed by atoms with Crippen molar-refractivity contribution in [2.75, 3.05) is 11.9 Å². The molecule has 2 aromatic rings. The summed E-state index contributed by atoms with van der Waals surface area (Å²) < 4.78 is 5.12. The largest absolute Gasteiger partial charge is 0.452 e. The van der Waals surface area contributed by atoms with Crippen LogP contribution >= 0.6 is 0 Å². The monoisotopic (exact) mass is 311 g/mol. The maximum absolute atomic E-state index is 12.1. The smallest absolute Gasteiger partial charge is 0.338 e. The van der Waals surface area contributed by atoms with Gasteiger partial charge in [-0.1, -0.05) is 24.3 Å². The summed E-state index contributed by atoms with van der Waals surface area (Å²) in [5, 5.41) is 2.77. The Balaban J connectivity index is 1.98. The topological polar surface area (TPSA) is 55.4 Å². The minimum Gasteiger partial charge on any atom is -0.452 e. The molecule has 0 aliphatic carbocycles. The van der Waals surface area contributed by atoms with Gasteiger partial charge in [-0.3, -0.25) is 4.79 Å². The molecular formula is C19H21NO3. The molecule has 0 aliphatic rings. The Hall–Kier alpha value is -2.62. The Morgan fingerprint density at radius 3 is 2.22 bits per heavy atom. The lowest BCUT2D eigenvalue weighted by Gasteiger charge is -2.11. The fourth-order valence-electron chi connectivity index (χ4n) is 2.25. The minimum atomic E-state index is -0.484. The van der Waals surface area contributed by atoms with Crippen LogP contribution in [0.15, 0.2) is 36.4 Å². The second-order valence-corrected chi connectivity index (χ2v) is 5.62. The number of nitrogens with one attached hydrogen (secondary N) is 1. The van der Waals surface area contributed by atoms with Crippen LogP contribution in [0.5, 0.6) is 0 Å². The maximum atomic E-state index is 12.1. The van der Waals surface area contributed by atoms with Crippen LogP contribution in [0.4, 0.5) is 5.69 Å². The average Bonchev–Trinajstić information content (AvgIpc) is 2.52. The normalized spacial score (nSPS) is 10.3. The maximum Gasteiger partial charge on any atom is 0.338 e. The predicted octanol–water partition coefficient (Wildman–Crippen LogP) is 3.72. The zero-order chi connectivity index (χ0) is 17.0. The van der Waals surface area contributed by atoms with Crippen LogP contribution in [0.1, 0.15) is 32.6 Å². The van der Waals surface area contributed by atoms with Gasteiger partial charge in [0.15, 0.2) is 6.61 Å². The Morgan fingerprint density at radius 2 is 1.52 bits per heavy atom. The molecule has 1 amide bonds. The molecule has 0 aromatic heterocycles. The van der Waals surface area contributed by atoms with Gasteiger partial charge in [0.2, 0.25) is 0 Å². The van der Waals surface area contributed by atoms with Gasteiger partial charge in [-0.05, 0) is 62.1 Å². The second kappa shape index (κ2) is 7.09. The number of amides is 1. The molecule has 0 unspecified atom stereocenters. The SMILES string of the molecule is Cc1cccc(NC(=O)COC(=O)c2cccc(C)c2C)c1C. The molecule has 0 saturated carbocycles. The van der Waals surface area contributed by atoms with E-state index in [4.69, 9.17) is 4.74 Å². The van der Waals surface area contributed by atoms with Crippen LogP contribution in [0.25, 0.3) is 0 Å². The molecule has 0 aliphatic heterocycles. The summed E-state index contributed by atoms with van der Waals surface area (Å²) in [5.41, 5.74) is 5.20. The van der Waals surface area contributed by atoms with E-state index in [2.05, 4.69) is 5.32 Å². The second-order valence-electron chi connectivity index (χ2n) is 5.62. The molecule has 2 aromatic carbocycles. The number of rotatable bonds is 4. The van der Waals surface area contributed by atoms with Crippen molar-refractivity contribution in [2.45, 2.75) is 27.7 Å². The van der Waals surface area contributed by atoms with Crippen LogP contribution < -0.4 is 5.32 Å². The Labute approximate surface area is 136 Å². The number of hydrogen-bond acceptors (Lipinski definition) is 3. The van der Waals surface area contributed by atoms with E-state index in [1.54, 1.807) is 12.1 Å². The number of aryl methyl sites for hydroxylation is 2. The van der Waals surface area contributed by atoms with Crippen molar-refractivity contribution in [2.24, 2.45) is 0 Å². The Kier molecular flexibility index (Phi) is 5.16. The highest BCUT2D eigenvalue weighted by atomic mass is 16.5. The number of ether oxygens (including phenoxy) is 1. The summed E-state index contributed by atoms with van der Waals surface area (Å²) in [5.74, 6) is -0.834. The van der Waals surface area contributed by atoms with E-state index in [0.717, 1.165) is 27.9 Å². The summed E-state index contributed by atoms with van der Waals surface area (Å²) in [6, 6.07) is 11.1. The van der Waals surface area contributed by atoms with E-state index in [0.29, 0.717) is 5.56 Å². The zero-order valence-electron chi connectivity index (χ0n) is 13.9. The van der Waals surface area contributed by atoms with Crippen molar-refractivity contribution in [1.82, 2.24) is 0 Å². The highest BCUT2D eigenvalue weighted by Crippen LogP contribution is 2.18. The third-order valence-corrected chi connectivity index (χ3v) is 4.04. The number of anilines is 1. The first-order chi connectivity index (χ1) is 10.9. The van der Waals surface area contributed by atoms with E-state index in [-0.39, 0.29) is 12.5 Å². The van der Waals surface area contributed by atoms with Crippen LogP contribution in [0.3, 0.4) is 0 Å². The number of carbonyl (C=O) groups is 2. The molecule has 0 radical (unpaired) electrons. The molecule has 0 heterocycles. The highest BCUT2D eigenvalue weighted by molar-refractivity contribution is 5.96. The molecule has 4 heteroatoms. The summed E-state index contributed by atoms with van der Waals surface area (Å²) >= 11 is 0. The quantitative estimate of drug-likeness (QED) is 0.876. The molecule has 0 atom stereocenters. The fraction of sp³-hybridized carbons (Fsp3) is 0.263. The molecule has 2 rings (SSSR count). The highest BCUT2D eigenvalue weighted by Gasteiger charge is 2.14. The van der Waals surface area contributed by atoms with Gasteiger partial charge in [0, 0.05) is 5.69 Å². The Bertz CT molecular complexity index is 750. The lowest BCUT2D eigenvalue weighted by molar-refractivity contribution is -0.119. The number of benzene rings is 2. The van der Waals surface area contributed by atoms with Gasteiger partial charge in [0.1, 0.15) is 0 Å². The first-order valence-electron chi connectivity index (χ1n) is 7.49. The van der Waals surface area contributed by atoms with Crippen molar-refractivity contribution in [1.29, 1.82) is 0 Å². The Morgan fingerprint density at radius 1 is 0.913 bits per heavy atom. The van der Waals surface area contributed by atoms with Crippen LogP contribution in [0, 0.1) is 27.7 Å². The molecule has 23 heavy (non-hydrogen) atoms. The molecular weight excluding hydrogens is 290 g/mol. The zero-order valence-corrected chi connectivity index (χ0v) is 13.9. The van der Waals surface area contributed by atoms with E-state index in [9.17, 15) is 9.59 Å². The van der Waals surface area contributed by atoms with Crippen molar-refractivity contribution in [3.05, 3.63) is 64.2 Å². The van der Waals surface area contributed by atoms with Crippen LogP contribution in [-0.4, -0.2) is 18.5 Å². The molecule has 0 bridgehead atoms. The summed E-state index contributed by atoms with van der Waals surface area (Å²) in [4.78, 5) is 24.1. The first-order valence-corrected chi connectivity index (χ1v) is 7.49. The van der Waals surface area contributed by atoms with Gasteiger partial charge in [-0.25, -0.2) is 4.79 Å². The van der Waals surface area contributed by atoms with Crippen LogP contribution in [-0.2, 0) is 9.53 Å². The molecule has 120 valence electrons. The minimum absolute atomic E-state index is 0.306. The van der Waals surface area contributed by atoms with E-state index in [1.807, 2.05) is 52.0 Å². The third-order valence-electron chi connectivity index (χ3n) is 4.04. The van der Waals surface area contributed by atoms with E-state index >= 15 is 0 Å². The molecule has 4 nitrogen and oxygen atoms in total. The van der Waals surface area contributed by atoms with Crippen molar-refractivity contribution in [3.8, 4) is 0 Å². The van der Waals surface area contributed by atoms with Gasteiger partial charge in [-0.15, -0.1) is 0 Å². The summed E-state index contributed by atoms with van der Waals surface area (Å²) in [6.07, 6.45) is 0. The van der Waals surface area contributed by atoms with Gasteiger partial charge in [0.05, 0.1) is 5.56 Å². The van der Waals surface area contributed by atoms with Gasteiger partial charge >= 0.3 is 5.97 Å². The first kappa shape index (κ1) is 16.7. The standard InChI is InChI=1S/C19H21NO3/c1-12-7-5-9-16(14(12)3)19(22)23-11-18(21)20-17-10-6-8-13(2)15(17)4/h5-10H,11H2,1-4H3,(H,20,21). The average molecular weight is 311 g/mol. The third kappa shape index (κ3) is 3.97.